The van der Waals surface area contributed by atoms with Gasteiger partial charge in [0.05, 0.1) is 34.7 Å². The Kier molecular flexibility index (Phi) is 12.1. The van der Waals surface area contributed by atoms with E-state index in [4.69, 9.17) is 4.74 Å². The van der Waals surface area contributed by atoms with E-state index in [1.54, 1.807) is 4.68 Å². The van der Waals surface area contributed by atoms with E-state index in [-0.39, 0.29) is 40.4 Å². The van der Waals surface area contributed by atoms with Gasteiger partial charge in [0, 0.05) is 19.1 Å². The van der Waals surface area contributed by atoms with E-state index < -0.39 is 10.0 Å². The molecular weight excluding hydrogens is 588 g/mol. The third kappa shape index (κ3) is 10.5. The van der Waals surface area contributed by atoms with Crippen LogP contribution in [0.15, 0.2) is 65.6 Å². The summed E-state index contributed by atoms with van der Waals surface area (Å²) in [5, 5.41) is 4.35. The van der Waals surface area contributed by atoms with Crippen LogP contribution in [0, 0.1) is 5.92 Å². The summed E-state index contributed by atoms with van der Waals surface area (Å²) < 4.78 is 31.4. The SMILES string of the molecule is CC(C)C(=O)OC(C)(C)C.CC(C)NS(=O)(=O)C1CC1.CC(C)n1ncc(N2Cc3ccccc3C2)c(-c2ccccc2)c1=O. The van der Waals surface area contributed by atoms with Crippen molar-refractivity contribution in [2.45, 2.75) is 111 Å². The minimum atomic E-state index is -2.94. The molecule has 0 bridgehead atoms. The van der Waals surface area contributed by atoms with Crippen molar-refractivity contribution in [3.05, 3.63) is 82.3 Å². The molecule has 2 aromatic carbocycles. The summed E-state index contributed by atoms with van der Waals surface area (Å²) in [5.74, 6) is -0.160. The number of esters is 1. The Morgan fingerprint density at radius 3 is 1.87 bits per heavy atom. The van der Waals surface area contributed by atoms with Gasteiger partial charge >= 0.3 is 5.97 Å². The molecule has 0 atom stereocenters. The zero-order valence-corrected chi connectivity index (χ0v) is 29.0. The van der Waals surface area contributed by atoms with Crippen LogP contribution in [0.1, 0.15) is 92.3 Å². The van der Waals surface area contributed by atoms with Crippen LogP contribution in [0.5, 0.6) is 0 Å². The summed E-state index contributed by atoms with van der Waals surface area (Å²) >= 11 is 0. The Morgan fingerprint density at radius 1 is 0.911 bits per heavy atom. The summed E-state index contributed by atoms with van der Waals surface area (Å²) in [7, 11) is -2.94. The molecule has 45 heavy (non-hydrogen) atoms. The minimum Gasteiger partial charge on any atom is -0.460 e. The molecule has 1 aliphatic carbocycles. The van der Waals surface area contributed by atoms with E-state index in [0.29, 0.717) is 0 Å². The van der Waals surface area contributed by atoms with Gasteiger partial charge in [0.25, 0.3) is 5.56 Å². The first-order valence-corrected chi connectivity index (χ1v) is 17.3. The second-order valence-electron chi connectivity index (χ2n) is 13.4. The predicted molar refractivity (Wildman–Crippen MR) is 182 cm³/mol. The molecule has 5 rings (SSSR count). The van der Waals surface area contributed by atoms with Crippen molar-refractivity contribution < 1.29 is 17.9 Å². The predicted octanol–water partition coefficient (Wildman–Crippen LogP) is 6.47. The van der Waals surface area contributed by atoms with Crippen LogP contribution in [0.25, 0.3) is 11.1 Å². The first-order chi connectivity index (χ1) is 21.0. The first kappa shape index (κ1) is 36.0. The molecule has 0 saturated heterocycles. The van der Waals surface area contributed by atoms with E-state index >= 15 is 0 Å². The van der Waals surface area contributed by atoms with E-state index in [1.165, 1.54) is 11.1 Å². The topological polar surface area (TPSA) is 111 Å². The molecule has 10 heteroatoms. The highest BCUT2D eigenvalue weighted by atomic mass is 32.2. The highest BCUT2D eigenvalue weighted by Crippen LogP contribution is 2.33. The van der Waals surface area contributed by atoms with Gasteiger partial charge in [-0.25, -0.2) is 17.8 Å². The largest absolute Gasteiger partial charge is 0.460 e. The normalized spacial score (nSPS) is 14.4. The maximum absolute atomic E-state index is 13.1. The van der Waals surface area contributed by atoms with Crippen molar-refractivity contribution in [1.29, 1.82) is 0 Å². The molecule has 1 aromatic heterocycles. The van der Waals surface area contributed by atoms with Crippen molar-refractivity contribution in [3.8, 4) is 11.1 Å². The number of hydrogen-bond acceptors (Lipinski definition) is 7. The van der Waals surface area contributed by atoms with Crippen molar-refractivity contribution >= 4 is 21.7 Å². The number of hydrogen-bond donors (Lipinski definition) is 1. The number of carbonyl (C=O) groups is 1. The average Bonchev–Trinajstić information content (AvgIpc) is 3.72. The van der Waals surface area contributed by atoms with Crippen molar-refractivity contribution in [1.82, 2.24) is 14.5 Å². The molecule has 1 saturated carbocycles. The molecule has 9 nitrogen and oxygen atoms in total. The lowest BCUT2D eigenvalue weighted by atomic mass is 10.1. The molecular formula is C35H50N4O5S. The number of ether oxygens (including phenoxy) is 1. The maximum atomic E-state index is 13.1. The van der Waals surface area contributed by atoms with Gasteiger partial charge in [0.15, 0.2) is 0 Å². The summed E-state index contributed by atoms with van der Waals surface area (Å²) in [6.45, 7) is 18.5. The minimum absolute atomic E-state index is 0.0276. The molecule has 1 fully saturated rings. The number of carbonyl (C=O) groups excluding carboxylic acids is 1. The summed E-state index contributed by atoms with van der Waals surface area (Å²) in [6.07, 6.45) is 3.51. The molecule has 2 heterocycles. The molecule has 0 spiro atoms. The van der Waals surface area contributed by atoms with E-state index in [9.17, 15) is 18.0 Å². The second kappa shape index (κ2) is 15.2. The number of nitrogens with one attached hydrogen (secondary N) is 1. The third-order valence-electron chi connectivity index (χ3n) is 6.96. The Labute approximate surface area is 269 Å². The zero-order chi connectivity index (χ0) is 33.5. The zero-order valence-electron chi connectivity index (χ0n) is 28.2. The number of aromatic nitrogens is 2. The lowest BCUT2D eigenvalue weighted by molar-refractivity contribution is -0.158. The average molecular weight is 639 g/mol. The van der Waals surface area contributed by atoms with Gasteiger partial charge in [-0.2, -0.15) is 5.10 Å². The number of sulfonamides is 1. The van der Waals surface area contributed by atoms with Crippen LogP contribution in [-0.4, -0.2) is 41.1 Å². The van der Waals surface area contributed by atoms with Crippen LogP contribution in [0.2, 0.25) is 0 Å². The van der Waals surface area contributed by atoms with E-state index in [0.717, 1.165) is 42.7 Å². The van der Waals surface area contributed by atoms with E-state index in [2.05, 4.69) is 39.0 Å². The van der Waals surface area contributed by atoms with Gasteiger partial charge < -0.3 is 9.64 Å². The Hall–Kier alpha value is -3.50. The summed E-state index contributed by atoms with van der Waals surface area (Å²) in [6, 6.07) is 18.4. The Bertz CT molecular complexity index is 1560. The smallest absolute Gasteiger partial charge is 0.308 e. The fraction of sp³-hybridized carbons (Fsp3) is 0.514. The van der Waals surface area contributed by atoms with Gasteiger partial charge in [0.2, 0.25) is 10.0 Å². The fourth-order valence-corrected chi connectivity index (χ4v) is 6.27. The van der Waals surface area contributed by atoms with Crippen LogP contribution < -0.4 is 15.2 Å². The highest BCUT2D eigenvalue weighted by Gasteiger charge is 2.35. The Balaban J connectivity index is 0.000000228. The van der Waals surface area contributed by atoms with Crippen molar-refractivity contribution in [2.24, 2.45) is 5.92 Å². The lowest BCUT2D eigenvalue weighted by Gasteiger charge is -2.22. The number of fused-ring (bicyclic) bond motifs is 1. The number of rotatable bonds is 7. The molecule has 1 N–H and O–H groups in total. The van der Waals surface area contributed by atoms with Gasteiger partial charge in [-0.1, -0.05) is 68.4 Å². The highest BCUT2D eigenvalue weighted by molar-refractivity contribution is 7.90. The number of benzene rings is 2. The van der Waals surface area contributed by atoms with Crippen LogP contribution in [-0.2, 0) is 32.6 Å². The van der Waals surface area contributed by atoms with Crippen LogP contribution >= 0.6 is 0 Å². The van der Waals surface area contributed by atoms with Gasteiger partial charge in [0.1, 0.15) is 5.60 Å². The summed E-state index contributed by atoms with van der Waals surface area (Å²) in [5.41, 5.74) is 4.83. The van der Waals surface area contributed by atoms with E-state index in [1.807, 2.05) is 98.8 Å². The van der Waals surface area contributed by atoms with Gasteiger partial charge in [-0.3, -0.25) is 9.59 Å². The lowest BCUT2D eigenvalue weighted by Crippen LogP contribution is -2.32. The molecule has 0 amide bonds. The summed E-state index contributed by atoms with van der Waals surface area (Å²) in [4.78, 5) is 26.3. The monoisotopic (exact) mass is 638 g/mol. The van der Waals surface area contributed by atoms with Gasteiger partial charge in [-0.05, 0) is 78.0 Å². The molecule has 3 aromatic rings. The number of anilines is 1. The van der Waals surface area contributed by atoms with Crippen molar-refractivity contribution in [3.63, 3.8) is 0 Å². The van der Waals surface area contributed by atoms with Crippen LogP contribution in [0.4, 0.5) is 5.69 Å². The number of nitrogens with zero attached hydrogens (tertiary/aromatic N) is 3. The second-order valence-corrected chi connectivity index (χ2v) is 15.4. The third-order valence-corrected chi connectivity index (χ3v) is 9.11. The molecule has 2 aliphatic rings. The van der Waals surface area contributed by atoms with Crippen molar-refractivity contribution in [2.75, 3.05) is 4.90 Å². The first-order valence-electron chi connectivity index (χ1n) is 15.7. The molecule has 0 radical (unpaired) electrons. The van der Waals surface area contributed by atoms with Gasteiger partial charge in [-0.15, -0.1) is 0 Å². The molecule has 246 valence electrons. The quantitative estimate of drug-likeness (QED) is 0.295. The standard InChI is InChI=1S/C21H21N3O.C8H16O2.C6H13NO2S/c1-15(2)24-21(25)20(16-8-4-3-5-9-16)19(12-22-24)23-13-17-10-6-7-11-18(17)14-23;1-6(2)7(9)10-8(3,4)5;1-5(2)7-10(8,9)6-3-4-6/h3-12,15H,13-14H2,1-2H3;6H,1-5H3;5-7H,3-4H2,1-2H3. The van der Waals surface area contributed by atoms with Crippen LogP contribution in [0.3, 0.4) is 0 Å². The molecule has 0 unspecified atom stereocenters. The maximum Gasteiger partial charge on any atom is 0.308 e. The molecule has 1 aliphatic heterocycles. The fourth-order valence-electron chi connectivity index (χ4n) is 4.67. The Morgan fingerprint density at radius 2 is 1.44 bits per heavy atom.